The van der Waals surface area contributed by atoms with E-state index >= 15 is 0 Å². The summed E-state index contributed by atoms with van der Waals surface area (Å²) in [5.74, 6) is 0. The lowest BCUT2D eigenvalue weighted by Gasteiger charge is -2.35. The molecule has 0 fully saturated rings. The van der Waals surface area contributed by atoms with Crippen LogP contribution in [0.15, 0.2) is 70.0 Å². The van der Waals surface area contributed by atoms with Crippen molar-refractivity contribution >= 4 is 32.0 Å². The summed E-state index contributed by atoms with van der Waals surface area (Å²) in [6.45, 7) is 2.57. The Morgan fingerprint density at radius 3 is 2.64 bits per heavy atom. The number of hydrogen-bond acceptors (Lipinski definition) is 4. The first-order valence-corrected chi connectivity index (χ1v) is 13.3. The molecule has 5 nitrogen and oxygen atoms in total. The average Bonchev–Trinajstić information content (AvgIpc) is 3.43. The number of benzene rings is 3. The van der Waals surface area contributed by atoms with Crippen molar-refractivity contribution in [1.82, 2.24) is 9.62 Å². The van der Waals surface area contributed by atoms with Gasteiger partial charge in [0.25, 0.3) is 0 Å². The summed E-state index contributed by atoms with van der Waals surface area (Å²) in [6, 6.07) is 20.1. The highest BCUT2D eigenvalue weighted by Crippen LogP contribution is 2.41. The Bertz CT molecular complexity index is 1440. The van der Waals surface area contributed by atoms with Gasteiger partial charge in [-0.15, -0.1) is 0 Å². The molecule has 0 spiro atoms. The molecular weight excluding hydrogens is 432 g/mol. The largest absolute Gasteiger partial charge is 0.456 e. The molecule has 1 unspecified atom stereocenters. The van der Waals surface area contributed by atoms with Crippen molar-refractivity contribution in [1.29, 1.82) is 0 Å². The maximum atomic E-state index is 12.9. The van der Waals surface area contributed by atoms with Gasteiger partial charge in [-0.2, -0.15) is 0 Å². The van der Waals surface area contributed by atoms with E-state index < -0.39 is 10.0 Å². The molecule has 0 saturated carbocycles. The van der Waals surface area contributed by atoms with E-state index in [1.54, 1.807) is 23.8 Å². The van der Waals surface area contributed by atoms with Crippen molar-refractivity contribution in [2.45, 2.75) is 43.0 Å². The molecule has 33 heavy (non-hydrogen) atoms. The molecule has 2 heterocycles. The minimum absolute atomic E-state index is 0.285. The Morgan fingerprint density at radius 1 is 0.909 bits per heavy atom. The topological polar surface area (TPSA) is 62.6 Å². The second-order valence-corrected chi connectivity index (χ2v) is 11.0. The molecule has 3 aromatic carbocycles. The molecule has 4 aromatic rings. The number of sulfonamides is 1. The molecule has 0 amide bonds. The molecule has 6 heteroatoms. The molecule has 1 N–H and O–H groups in total. The van der Waals surface area contributed by atoms with E-state index in [0.29, 0.717) is 18.2 Å². The predicted octanol–water partition coefficient (Wildman–Crippen LogP) is 5.19. The first-order valence-electron chi connectivity index (χ1n) is 11.9. The van der Waals surface area contributed by atoms with Crippen molar-refractivity contribution in [2.24, 2.45) is 0 Å². The van der Waals surface area contributed by atoms with Gasteiger partial charge >= 0.3 is 0 Å². The van der Waals surface area contributed by atoms with Crippen LogP contribution < -0.4 is 4.72 Å². The molecule has 1 aromatic heterocycles. The Kier molecular flexibility index (Phi) is 5.24. The van der Waals surface area contributed by atoms with E-state index in [1.807, 2.05) is 24.3 Å². The summed E-state index contributed by atoms with van der Waals surface area (Å²) in [5, 5.41) is 1.76. The Morgan fingerprint density at radius 2 is 1.73 bits per heavy atom. The third kappa shape index (κ3) is 3.76. The quantitative estimate of drug-likeness (QED) is 0.386. The average molecular weight is 461 g/mol. The second kappa shape index (κ2) is 8.28. The molecular formula is C27H28N2O3S. The van der Waals surface area contributed by atoms with Crippen LogP contribution in [0.4, 0.5) is 0 Å². The fourth-order valence-electron chi connectivity index (χ4n) is 5.62. The molecule has 0 bridgehead atoms. The summed E-state index contributed by atoms with van der Waals surface area (Å²) < 4.78 is 34.4. The van der Waals surface area contributed by atoms with Crippen LogP contribution in [0.5, 0.6) is 0 Å². The van der Waals surface area contributed by atoms with E-state index in [4.69, 9.17) is 4.42 Å². The lowest BCUT2D eigenvalue weighted by atomic mass is 9.93. The second-order valence-electron chi connectivity index (χ2n) is 9.19. The number of aryl methyl sites for hydroxylation is 1. The SMILES string of the molecule is O=S(=O)(NCCCCN1CCc2cccc3c2C1CC3)c1ccc2oc3ccccc3c2c1. The van der Waals surface area contributed by atoms with Crippen molar-refractivity contribution in [3.63, 3.8) is 0 Å². The highest BCUT2D eigenvalue weighted by atomic mass is 32.2. The van der Waals surface area contributed by atoms with Crippen LogP contribution in [0.25, 0.3) is 21.9 Å². The maximum absolute atomic E-state index is 12.9. The van der Waals surface area contributed by atoms with Gasteiger partial charge in [0.2, 0.25) is 10.0 Å². The summed E-state index contributed by atoms with van der Waals surface area (Å²) in [6.07, 6.45) is 5.33. The zero-order chi connectivity index (χ0) is 22.4. The Balaban J connectivity index is 1.07. The minimum atomic E-state index is -3.56. The van der Waals surface area contributed by atoms with Gasteiger partial charge in [0, 0.05) is 29.9 Å². The Hall–Kier alpha value is -2.67. The number of unbranched alkanes of at least 4 members (excludes halogenated alkanes) is 1. The van der Waals surface area contributed by atoms with E-state index in [2.05, 4.69) is 27.8 Å². The fourth-order valence-corrected chi connectivity index (χ4v) is 6.72. The van der Waals surface area contributed by atoms with Crippen molar-refractivity contribution in [3.8, 4) is 0 Å². The van der Waals surface area contributed by atoms with Crippen LogP contribution in [0.3, 0.4) is 0 Å². The van der Waals surface area contributed by atoms with Gasteiger partial charge in [-0.25, -0.2) is 13.1 Å². The van der Waals surface area contributed by atoms with Crippen molar-refractivity contribution < 1.29 is 12.8 Å². The van der Waals surface area contributed by atoms with E-state index in [1.165, 1.54) is 24.0 Å². The van der Waals surface area contributed by atoms with Gasteiger partial charge in [-0.05, 0) is 79.6 Å². The van der Waals surface area contributed by atoms with Crippen LogP contribution in [0.1, 0.15) is 42.0 Å². The number of hydrogen-bond donors (Lipinski definition) is 1. The van der Waals surface area contributed by atoms with E-state index in [9.17, 15) is 8.42 Å². The predicted molar refractivity (Wildman–Crippen MR) is 131 cm³/mol. The molecule has 0 saturated heterocycles. The van der Waals surface area contributed by atoms with Crippen molar-refractivity contribution in [2.75, 3.05) is 19.6 Å². The third-order valence-electron chi connectivity index (χ3n) is 7.24. The zero-order valence-electron chi connectivity index (χ0n) is 18.6. The smallest absolute Gasteiger partial charge is 0.240 e. The number of nitrogens with one attached hydrogen (secondary N) is 1. The standard InChI is InChI=1S/C27H28N2O3S/c30-33(31,21-11-13-26-23(18-21)22-8-1-2-9-25(22)32-26)28-15-3-4-16-29-17-14-20-7-5-6-19-10-12-24(29)27(19)20/h1-2,5-9,11,13,18,24,28H,3-4,10,12,14-17H2. The number of fused-ring (bicyclic) bond motifs is 3. The number of para-hydroxylation sites is 1. The highest BCUT2D eigenvalue weighted by molar-refractivity contribution is 7.89. The van der Waals surface area contributed by atoms with Crippen molar-refractivity contribution in [3.05, 3.63) is 77.4 Å². The minimum Gasteiger partial charge on any atom is -0.456 e. The summed E-state index contributed by atoms with van der Waals surface area (Å²) >= 11 is 0. The van der Waals surface area contributed by atoms with Gasteiger partial charge < -0.3 is 4.42 Å². The van der Waals surface area contributed by atoms with Gasteiger partial charge in [0.15, 0.2) is 0 Å². The first kappa shape index (κ1) is 20.9. The molecule has 1 aliphatic heterocycles. The van der Waals surface area contributed by atoms with Crippen LogP contribution in [-0.2, 0) is 22.9 Å². The lowest BCUT2D eigenvalue weighted by Crippen LogP contribution is -2.35. The van der Waals surface area contributed by atoms with Crippen LogP contribution in [-0.4, -0.2) is 33.0 Å². The van der Waals surface area contributed by atoms with Crippen LogP contribution in [0.2, 0.25) is 0 Å². The summed E-state index contributed by atoms with van der Waals surface area (Å²) in [4.78, 5) is 2.89. The molecule has 2 aliphatic rings. The molecule has 6 rings (SSSR count). The fraction of sp³-hybridized carbons (Fsp3) is 0.333. The number of nitrogens with zero attached hydrogens (tertiary/aromatic N) is 1. The number of rotatable bonds is 7. The monoisotopic (exact) mass is 460 g/mol. The molecule has 0 radical (unpaired) electrons. The Labute approximate surface area is 194 Å². The third-order valence-corrected chi connectivity index (χ3v) is 8.70. The van der Waals surface area contributed by atoms with E-state index in [-0.39, 0.29) is 4.90 Å². The van der Waals surface area contributed by atoms with Gasteiger partial charge in [0.1, 0.15) is 11.2 Å². The molecule has 1 aliphatic carbocycles. The van der Waals surface area contributed by atoms with Crippen LogP contribution >= 0.6 is 0 Å². The molecule has 1 atom stereocenters. The van der Waals surface area contributed by atoms with Gasteiger partial charge in [-0.1, -0.05) is 36.4 Å². The van der Waals surface area contributed by atoms with E-state index in [0.717, 1.165) is 48.7 Å². The first-order chi connectivity index (χ1) is 16.1. The summed E-state index contributed by atoms with van der Waals surface area (Å²) in [5.41, 5.74) is 6.10. The van der Waals surface area contributed by atoms with Crippen LogP contribution in [0, 0.1) is 0 Å². The zero-order valence-corrected chi connectivity index (χ0v) is 19.4. The lowest BCUT2D eigenvalue weighted by molar-refractivity contribution is 0.182. The normalized spacial score (nSPS) is 18.2. The van der Waals surface area contributed by atoms with Gasteiger partial charge in [-0.3, -0.25) is 4.90 Å². The number of furan rings is 1. The maximum Gasteiger partial charge on any atom is 0.240 e. The van der Waals surface area contributed by atoms with Gasteiger partial charge in [0.05, 0.1) is 4.90 Å². The highest BCUT2D eigenvalue weighted by Gasteiger charge is 2.32. The molecule has 170 valence electrons. The summed E-state index contributed by atoms with van der Waals surface area (Å²) in [7, 11) is -3.56.